The number of hydrogen-bond acceptors (Lipinski definition) is 20. The minimum Gasteiger partial charge on any atom is -0.335 e. The van der Waals surface area contributed by atoms with Gasteiger partial charge in [-0.3, -0.25) is 22.8 Å². The maximum atomic E-state index is 12.5. The maximum absolute atomic E-state index is 12.5. The fourth-order valence-corrected chi connectivity index (χ4v) is 8.80. The van der Waals surface area contributed by atoms with Gasteiger partial charge < -0.3 is 16.0 Å². The number of benzene rings is 5. The lowest BCUT2D eigenvalue weighted by Crippen LogP contribution is -2.29. The van der Waals surface area contributed by atoms with E-state index in [0.717, 1.165) is 42.5 Å². The molecule has 64 heavy (non-hydrogen) atoms. The highest BCUT2D eigenvalue weighted by Gasteiger charge is 2.24. The minimum absolute atomic E-state index is 0.106. The van der Waals surface area contributed by atoms with Crippen molar-refractivity contribution in [3.63, 3.8) is 0 Å². The van der Waals surface area contributed by atoms with Crippen molar-refractivity contribution in [1.29, 1.82) is 0 Å². The van der Waals surface area contributed by atoms with Crippen LogP contribution in [0.25, 0.3) is 10.8 Å². The molecule has 5 aromatic carbocycles. The van der Waals surface area contributed by atoms with Crippen LogP contribution in [-0.2, 0) is 50.6 Å². The standard InChI is InChI=1S/C34H30N10O15S5/c1-2-31(64(57,58)59)37-34-39-32(38-33(40-34)36-27-15-12-22(17-30(27)63(54,55)56)43-41-21-10-13-24(14-11-21)60(45,46)47)35-19-6-8-20(9-7-19)42-44-23-16-26-25(29(18-23)62(51,52)53)4-3-5-28(26)61(48,49)50/h3-18,31H,2H2,1H3,(H,45,46,47)(H,48,49,50)(H,51,52,53)(H,54,55,56)(H,57,58,59)(H3,35,36,37,38,39,40). The first-order valence-electron chi connectivity index (χ1n) is 17.5. The molecule has 0 amide bonds. The van der Waals surface area contributed by atoms with Crippen LogP contribution in [-0.4, -0.2) is 85.2 Å². The third-order valence-corrected chi connectivity index (χ3v) is 13.2. The van der Waals surface area contributed by atoms with Gasteiger partial charge in [-0.05, 0) is 91.3 Å². The largest absolute Gasteiger partial charge is 0.335 e. The van der Waals surface area contributed by atoms with Gasteiger partial charge >= 0.3 is 0 Å². The minimum atomic E-state index is -5.01. The highest BCUT2D eigenvalue weighted by Crippen LogP contribution is 2.35. The zero-order valence-corrected chi connectivity index (χ0v) is 36.1. The number of rotatable bonds is 16. The SMILES string of the molecule is CCC(Nc1nc(Nc2ccc(N=Nc3cc(S(=O)(=O)O)c4cccc(S(=O)(=O)O)c4c3)cc2)nc(Nc2ccc(N=Nc3ccc(S(=O)(=O)O)cc3)cc2S(=O)(=O)O)n1)S(=O)(=O)O. The van der Waals surface area contributed by atoms with E-state index in [0.29, 0.717) is 0 Å². The van der Waals surface area contributed by atoms with E-state index in [2.05, 4.69) is 51.4 Å². The van der Waals surface area contributed by atoms with Gasteiger partial charge in [-0.2, -0.15) is 77.5 Å². The molecule has 6 aromatic rings. The summed E-state index contributed by atoms with van der Waals surface area (Å²) in [7, 11) is -23.9. The van der Waals surface area contributed by atoms with Crippen LogP contribution < -0.4 is 16.0 Å². The number of azo groups is 2. The normalized spacial score (nSPS) is 13.3. The van der Waals surface area contributed by atoms with Gasteiger partial charge in [0.2, 0.25) is 17.8 Å². The van der Waals surface area contributed by atoms with E-state index in [4.69, 9.17) is 4.55 Å². The van der Waals surface area contributed by atoms with Crippen molar-refractivity contribution in [2.75, 3.05) is 16.0 Å². The summed E-state index contributed by atoms with van der Waals surface area (Å²) in [5.41, 5.74) is -0.131. The number of aromatic nitrogens is 3. The molecule has 0 aliphatic heterocycles. The molecule has 0 aliphatic carbocycles. The van der Waals surface area contributed by atoms with E-state index < -0.39 is 87.4 Å². The molecule has 336 valence electrons. The molecule has 0 aliphatic rings. The Kier molecular flexibility index (Phi) is 13.2. The quantitative estimate of drug-likeness (QED) is 0.0386. The molecule has 1 heterocycles. The Morgan fingerprint density at radius 1 is 0.500 bits per heavy atom. The molecule has 0 saturated heterocycles. The smallest absolute Gasteiger partial charge is 0.296 e. The number of fused-ring (bicyclic) bond motifs is 1. The molecule has 1 aromatic heterocycles. The van der Waals surface area contributed by atoms with E-state index in [-0.39, 0.29) is 57.3 Å². The van der Waals surface area contributed by atoms with Gasteiger partial charge in [0.05, 0.1) is 33.3 Å². The van der Waals surface area contributed by atoms with Crippen molar-refractivity contribution >= 4 is 113 Å². The van der Waals surface area contributed by atoms with Crippen molar-refractivity contribution in [3.05, 3.63) is 97.1 Å². The summed E-state index contributed by atoms with van der Waals surface area (Å²) >= 11 is 0. The van der Waals surface area contributed by atoms with E-state index in [1.165, 1.54) is 61.5 Å². The molecule has 1 atom stereocenters. The predicted octanol–water partition coefficient (Wildman–Crippen LogP) is 6.37. The van der Waals surface area contributed by atoms with E-state index in [9.17, 15) is 60.3 Å². The lowest BCUT2D eigenvalue weighted by molar-refractivity contribution is 0.468. The maximum Gasteiger partial charge on any atom is 0.296 e. The fraction of sp³-hybridized carbons (Fsp3) is 0.0882. The Bertz CT molecular complexity index is 3430. The Morgan fingerprint density at radius 3 is 1.55 bits per heavy atom. The van der Waals surface area contributed by atoms with Crippen LogP contribution in [0.5, 0.6) is 0 Å². The molecular formula is C34H30N10O15S5. The van der Waals surface area contributed by atoms with Crippen molar-refractivity contribution < 1.29 is 64.9 Å². The fourth-order valence-electron chi connectivity index (χ4n) is 5.56. The third-order valence-electron chi connectivity index (χ3n) is 8.42. The van der Waals surface area contributed by atoms with Gasteiger partial charge in [0.15, 0.2) is 5.37 Å². The second-order valence-electron chi connectivity index (χ2n) is 12.9. The monoisotopic (exact) mass is 978 g/mol. The first-order chi connectivity index (χ1) is 29.8. The molecule has 0 saturated carbocycles. The van der Waals surface area contributed by atoms with Gasteiger partial charge in [-0.1, -0.05) is 19.1 Å². The average Bonchev–Trinajstić information content (AvgIpc) is 3.20. The number of anilines is 5. The Morgan fingerprint density at radius 2 is 1.00 bits per heavy atom. The molecule has 30 heteroatoms. The predicted molar refractivity (Wildman–Crippen MR) is 227 cm³/mol. The zero-order chi connectivity index (χ0) is 46.8. The summed E-state index contributed by atoms with van der Waals surface area (Å²) in [6.45, 7) is 1.43. The van der Waals surface area contributed by atoms with Crippen LogP contribution in [0.1, 0.15) is 13.3 Å². The highest BCUT2D eigenvalue weighted by molar-refractivity contribution is 7.87. The zero-order valence-electron chi connectivity index (χ0n) is 32.0. The Balaban J connectivity index is 1.29. The van der Waals surface area contributed by atoms with Crippen LogP contribution >= 0.6 is 0 Å². The van der Waals surface area contributed by atoms with E-state index in [1.54, 1.807) is 0 Å². The summed E-state index contributed by atoms with van der Waals surface area (Å²) in [5, 5.41) is 21.5. The van der Waals surface area contributed by atoms with Crippen molar-refractivity contribution in [3.8, 4) is 0 Å². The summed E-state index contributed by atoms with van der Waals surface area (Å²) in [4.78, 5) is 9.89. The molecule has 8 N–H and O–H groups in total. The molecule has 0 bridgehead atoms. The summed E-state index contributed by atoms with van der Waals surface area (Å²) in [6.07, 6.45) is -0.169. The molecular weight excluding hydrogens is 949 g/mol. The van der Waals surface area contributed by atoms with Crippen molar-refractivity contribution in [1.82, 2.24) is 15.0 Å². The Labute approximate surface area is 363 Å². The first-order valence-corrected chi connectivity index (χ1v) is 24.7. The van der Waals surface area contributed by atoms with Gasteiger partial charge in [0.1, 0.15) is 14.7 Å². The van der Waals surface area contributed by atoms with Crippen molar-refractivity contribution in [2.24, 2.45) is 20.5 Å². The first kappa shape index (κ1) is 47.0. The lowest BCUT2D eigenvalue weighted by atomic mass is 10.1. The van der Waals surface area contributed by atoms with Gasteiger partial charge in [-0.25, -0.2) is 0 Å². The van der Waals surface area contributed by atoms with Gasteiger partial charge in [0, 0.05) is 16.5 Å². The van der Waals surface area contributed by atoms with Crippen LogP contribution in [0.3, 0.4) is 0 Å². The Hall–Kier alpha value is -6.48. The van der Waals surface area contributed by atoms with Crippen LogP contribution in [0, 0.1) is 0 Å². The average molecular weight is 979 g/mol. The highest BCUT2D eigenvalue weighted by atomic mass is 32.2. The van der Waals surface area contributed by atoms with Gasteiger partial charge in [-0.15, -0.1) is 0 Å². The van der Waals surface area contributed by atoms with Crippen molar-refractivity contribution in [2.45, 2.75) is 38.3 Å². The van der Waals surface area contributed by atoms with E-state index >= 15 is 0 Å². The summed E-state index contributed by atoms with van der Waals surface area (Å²) in [6, 6.07) is 19.0. The lowest BCUT2D eigenvalue weighted by Gasteiger charge is -2.16. The number of nitrogens with zero attached hydrogens (tertiary/aromatic N) is 7. The molecule has 0 spiro atoms. The second kappa shape index (κ2) is 17.9. The molecule has 0 radical (unpaired) electrons. The summed E-state index contributed by atoms with van der Waals surface area (Å²) in [5.74, 6) is -1.15. The third kappa shape index (κ3) is 11.7. The molecule has 1 unspecified atom stereocenters. The topological polar surface area (TPSA) is 396 Å². The molecule has 6 rings (SSSR count). The van der Waals surface area contributed by atoms with Gasteiger partial charge in [0.25, 0.3) is 50.6 Å². The summed E-state index contributed by atoms with van der Waals surface area (Å²) < 4.78 is 168. The van der Waals surface area contributed by atoms with Crippen LogP contribution in [0.4, 0.5) is 52.0 Å². The number of hydrogen-bond donors (Lipinski definition) is 8. The van der Waals surface area contributed by atoms with Crippen LogP contribution in [0.15, 0.2) is 137 Å². The van der Waals surface area contributed by atoms with Crippen LogP contribution in [0.2, 0.25) is 0 Å². The van der Waals surface area contributed by atoms with E-state index in [1.807, 2.05) is 0 Å². The molecule has 0 fully saturated rings. The number of nitrogens with one attached hydrogen (secondary N) is 3. The molecule has 25 nitrogen and oxygen atoms in total. The second-order valence-corrected chi connectivity index (χ2v) is 20.1.